The number of carbonyl (C=O) groups excluding carboxylic acids is 1. The molecule has 1 saturated heterocycles. The monoisotopic (exact) mass is 491 g/mol. The number of sulfonamides is 1. The Morgan fingerprint density at radius 3 is 2.11 bits per heavy atom. The summed E-state index contributed by atoms with van der Waals surface area (Å²) in [5, 5.41) is 2.89. The van der Waals surface area contributed by atoms with Crippen LogP contribution in [-0.4, -0.2) is 34.0 Å². The van der Waals surface area contributed by atoms with E-state index in [1.807, 2.05) is 31.2 Å². The summed E-state index contributed by atoms with van der Waals surface area (Å²) in [5.74, 6) is -0.357. The first-order valence-electron chi connectivity index (χ1n) is 12.2. The Morgan fingerprint density at radius 2 is 1.49 bits per heavy atom. The molecule has 6 nitrogen and oxygen atoms in total. The minimum absolute atomic E-state index is 0.153. The average molecular weight is 492 g/mol. The molecule has 7 heteroatoms. The van der Waals surface area contributed by atoms with Gasteiger partial charge in [-0.25, -0.2) is 8.42 Å². The van der Waals surface area contributed by atoms with Gasteiger partial charge in [0.2, 0.25) is 5.91 Å². The normalized spacial score (nSPS) is 13.9. The average Bonchev–Trinajstić information content (AvgIpc) is 2.92. The van der Waals surface area contributed by atoms with Gasteiger partial charge in [-0.05, 0) is 73.2 Å². The standard InChI is InChI=1S/C28H33N3O3S/c1-2-23-11-17-26(18-12-23)31(35(33,34)27-9-5-3-6-10-27)22-28(32)29-21-24-13-15-25(16-14-24)30-19-7-4-8-20-30/h3,5-6,9-18H,2,4,7-8,19-22H2,1H3,(H,29,32). The van der Waals surface area contributed by atoms with Crippen LogP contribution in [0.3, 0.4) is 0 Å². The Balaban J connectivity index is 1.46. The fourth-order valence-corrected chi connectivity index (χ4v) is 5.74. The van der Waals surface area contributed by atoms with E-state index in [4.69, 9.17) is 0 Å². The molecular weight excluding hydrogens is 458 g/mol. The number of carbonyl (C=O) groups is 1. The molecule has 0 unspecified atom stereocenters. The Kier molecular flexibility index (Phi) is 8.08. The summed E-state index contributed by atoms with van der Waals surface area (Å²) >= 11 is 0. The fourth-order valence-electron chi connectivity index (χ4n) is 4.30. The van der Waals surface area contributed by atoms with E-state index in [9.17, 15) is 13.2 Å². The topological polar surface area (TPSA) is 69.7 Å². The van der Waals surface area contributed by atoms with Crippen molar-refractivity contribution in [3.63, 3.8) is 0 Å². The molecule has 0 spiro atoms. The van der Waals surface area contributed by atoms with Gasteiger partial charge >= 0.3 is 0 Å². The summed E-state index contributed by atoms with van der Waals surface area (Å²) in [7, 11) is -3.90. The van der Waals surface area contributed by atoms with Gasteiger partial charge in [0, 0.05) is 25.3 Å². The number of aryl methyl sites for hydroxylation is 1. The van der Waals surface area contributed by atoms with Gasteiger partial charge < -0.3 is 10.2 Å². The molecule has 0 aliphatic carbocycles. The van der Waals surface area contributed by atoms with Gasteiger partial charge in [0.25, 0.3) is 10.0 Å². The third-order valence-electron chi connectivity index (χ3n) is 6.40. The zero-order valence-corrected chi connectivity index (χ0v) is 21.0. The van der Waals surface area contributed by atoms with Crippen molar-refractivity contribution < 1.29 is 13.2 Å². The number of hydrogen-bond donors (Lipinski definition) is 1. The lowest BCUT2D eigenvalue weighted by molar-refractivity contribution is -0.119. The van der Waals surface area contributed by atoms with Crippen molar-refractivity contribution in [2.75, 3.05) is 28.8 Å². The molecule has 3 aromatic rings. The number of hydrogen-bond acceptors (Lipinski definition) is 4. The number of rotatable bonds is 9. The Hall–Kier alpha value is -3.32. The van der Waals surface area contributed by atoms with Gasteiger partial charge in [0.15, 0.2) is 0 Å². The number of nitrogens with one attached hydrogen (secondary N) is 1. The molecule has 0 atom stereocenters. The predicted molar refractivity (Wildman–Crippen MR) is 141 cm³/mol. The van der Waals surface area contributed by atoms with Crippen LogP contribution in [0.15, 0.2) is 83.8 Å². The smallest absolute Gasteiger partial charge is 0.264 e. The molecule has 1 heterocycles. The molecule has 1 N–H and O–H groups in total. The second-order valence-electron chi connectivity index (χ2n) is 8.84. The highest BCUT2D eigenvalue weighted by molar-refractivity contribution is 7.92. The van der Waals surface area contributed by atoms with E-state index in [1.165, 1.54) is 29.3 Å². The van der Waals surface area contributed by atoms with Crippen LogP contribution in [-0.2, 0) is 27.8 Å². The lowest BCUT2D eigenvalue weighted by Gasteiger charge is -2.28. The first-order chi connectivity index (χ1) is 17.0. The van der Waals surface area contributed by atoms with Crippen LogP contribution >= 0.6 is 0 Å². The van der Waals surface area contributed by atoms with E-state index in [0.29, 0.717) is 12.2 Å². The van der Waals surface area contributed by atoms with E-state index < -0.39 is 10.0 Å². The first-order valence-corrected chi connectivity index (χ1v) is 13.7. The van der Waals surface area contributed by atoms with Crippen molar-refractivity contribution in [2.24, 2.45) is 0 Å². The Bertz CT molecular complexity index is 1200. The lowest BCUT2D eigenvalue weighted by atomic mass is 10.1. The molecule has 35 heavy (non-hydrogen) atoms. The molecule has 184 valence electrons. The lowest BCUT2D eigenvalue weighted by Crippen LogP contribution is -2.40. The number of piperidine rings is 1. The van der Waals surface area contributed by atoms with Crippen LogP contribution in [0.1, 0.15) is 37.3 Å². The second-order valence-corrected chi connectivity index (χ2v) is 10.7. The van der Waals surface area contributed by atoms with Crippen LogP contribution in [0.4, 0.5) is 11.4 Å². The van der Waals surface area contributed by atoms with Gasteiger partial charge in [-0.1, -0.05) is 49.4 Å². The SMILES string of the molecule is CCc1ccc(N(CC(=O)NCc2ccc(N3CCCCC3)cc2)S(=O)(=O)c2ccccc2)cc1. The quantitative estimate of drug-likeness (QED) is 0.469. The van der Waals surface area contributed by atoms with Crippen LogP contribution in [0.2, 0.25) is 0 Å². The van der Waals surface area contributed by atoms with Crippen molar-refractivity contribution in [3.05, 3.63) is 90.0 Å². The van der Waals surface area contributed by atoms with E-state index in [2.05, 4.69) is 22.3 Å². The molecule has 0 aromatic heterocycles. The fraction of sp³-hybridized carbons (Fsp3) is 0.321. The molecule has 0 saturated carbocycles. The summed E-state index contributed by atoms with van der Waals surface area (Å²) < 4.78 is 28.0. The van der Waals surface area contributed by atoms with Crippen molar-refractivity contribution in [3.8, 4) is 0 Å². The highest BCUT2D eigenvalue weighted by Crippen LogP contribution is 2.24. The van der Waals surface area contributed by atoms with Gasteiger partial charge in [-0.2, -0.15) is 0 Å². The maximum Gasteiger partial charge on any atom is 0.264 e. The molecule has 4 rings (SSSR count). The molecule has 0 radical (unpaired) electrons. The van der Waals surface area contributed by atoms with Gasteiger partial charge in [-0.15, -0.1) is 0 Å². The molecule has 1 aliphatic heterocycles. The van der Waals surface area contributed by atoms with Gasteiger partial charge in [0.1, 0.15) is 6.54 Å². The van der Waals surface area contributed by atoms with Crippen molar-refractivity contribution in [1.82, 2.24) is 5.32 Å². The Morgan fingerprint density at radius 1 is 0.857 bits per heavy atom. The number of benzene rings is 3. The van der Waals surface area contributed by atoms with E-state index in [1.54, 1.807) is 42.5 Å². The number of nitrogens with zero attached hydrogens (tertiary/aromatic N) is 2. The van der Waals surface area contributed by atoms with Crippen LogP contribution in [0.5, 0.6) is 0 Å². The zero-order chi connectivity index (χ0) is 24.7. The van der Waals surface area contributed by atoms with Crippen LogP contribution in [0, 0.1) is 0 Å². The third kappa shape index (κ3) is 6.22. The minimum atomic E-state index is -3.90. The maximum atomic E-state index is 13.4. The molecule has 0 bridgehead atoms. The van der Waals surface area contributed by atoms with Gasteiger partial charge in [-0.3, -0.25) is 9.10 Å². The summed E-state index contributed by atoms with van der Waals surface area (Å²) in [6, 6.07) is 23.7. The molecule has 1 aliphatic rings. The predicted octanol–water partition coefficient (Wildman–Crippen LogP) is 4.75. The number of amides is 1. The molecule has 3 aromatic carbocycles. The molecule has 1 amide bonds. The Labute approximate surface area is 208 Å². The summed E-state index contributed by atoms with van der Waals surface area (Å²) in [6.45, 7) is 4.25. The van der Waals surface area contributed by atoms with E-state index in [0.717, 1.165) is 30.6 Å². The zero-order valence-electron chi connectivity index (χ0n) is 20.2. The first kappa shape index (κ1) is 24.8. The second kappa shape index (κ2) is 11.4. The maximum absolute atomic E-state index is 13.4. The largest absolute Gasteiger partial charge is 0.372 e. The van der Waals surface area contributed by atoms with E-state index in [-0.39, 0.29) is 17.3 Å². The van der Waals surface area contributed by atoms with E-state index >= 15 is 0 Å². The molecular formula is C28H33N3O3S. The highest BCUT2D eigenvalue weighted by Gasteiger charge is 2.27. The van der Waals surface area contributed by atoms with Crippen molar-refractivity contribution in [2.45, 2.75) is 44.0 Å². The summed E-state index contributed by atoms with van der Waals surface area (Å²) in [6.07, 6.45) is 4.59. The van der Waals surface area contributed by atoms with Crippen LogP contribution < -0.4 is 14.5 Å². The van der Waals surface area contributed by atoms with Crippen molar-refractivity contribution >= 4 is 27.3 Å². The van der Waals surface area contributed by atoms with Crippen molar-refractivity contribution in [1.29, 1.82) is 0 Å². The molecule has 1 fully saturated rings. The number of anilines is 2. The summed E-state index contributed by atoms with van der Waals surface area (Å²) in [5.41, 5.74) is 3.75. The minimum Gasteiger partial charge on any atom is -0.372 e. The van der Waals surface area contributed by atoms with Crippen LogP contribution in [0.25, 0.3) is 0 Å². The van der Waals surface area contributed by atoms with Gasteiger partial charge in [0.05, 0.1) is 10.6 Å². The highest BCUT2D eigenvalue weighted by atomic mass is 32.2. The summed E-state index contributed by atoms with van der Waals surface area (Å²) in [4.78, 5) is 15.4. The third-order valence-corrected chi connectivity index (χ3v) is 8.19.